The number of hydrogen-bond acceptors (Lipinski definition) is 11. The van der Waals surface area contributed by atoms with E-state index < -0.39 is 52.6 Å². The number of ether oxygens (including phenoxy) is 2. The number of rotatable bonds is 18. The number of aromatic nitrogens is 1. The molecular weight excluding hydrogens is 702 g/mol. The molecule has 1 aliphatic heterocycles. The maximum atomic E-state index is 13.5. The van der Waals surface area contributed by atoms with Gasteiger partial charge in [0.15, 0.2) is 0 Å². The Morgan fingerprint density at radius 1 is 1.02 bits per heavy atom. The number of hydrogen-bond donors (Lipinski definition) is 6. The van der Waals surface area contributed by atoms with Crippen LogP contribution in [0.2, 0.25) is 5.02 Å². The van der Waals surface area contributed by atoms with Crippen molar-refractivity contribution in [2.24, 2.45) is 5.92 Å². The number of carbonyl (C=O) groups is 1. The van der Waals surface area contributed by atoms with Crippen LogP contribution < -0.4 is 10.1 Å². The largest absolute Gasteiger partial charge is 0.490 e. The SMILES string of the molecule is O=C(CCC1CN(S(=O)(=O)c2ccc(Cl)c(COC3(c4cnccc4-c4ccccc4OC4CC4)CC3)c2)C1)NC[C@H](O)[C@@H](O)[C@H](O)[C@H](O)CO. The van der Waals surface area contributed by atoms with Crippen LogP contribution in [0.3, 0.4) is 0 Å². The van der Waals surface area contributed by atoms with Gasteiger partial charge in [0.1, 0.15) is 24.1 Å². The first-order chi connectivity index (χ1) is 24.4. The third-order valence-electron chi connectivity index (χ3n) is 9.71. The van der Waals surface area contributed by atoms with Gasteiger partial charge in [-0.15, -0.1) is 0 Å². The van der Waals surface area contributed by atoms with Gasteiger partial charge >= 0.3 is 0 Å². The first kappa shape index (κ1) is 37.6. The highest BCUT2D eigenvalue weighted by molar-refractivity contribution is 7.89. The van der Waals surface area contributed by atoms with Crippen molar-refractivity contribution in [1.82, 2.24) is 14.6 Å². The molecule has 4 atom stereocenters. The smallest absolute Gasteiger partial charge is 0.243 e. The Morgan fingerprint density at radius 2 is 1.75 bits per heavy atom. The van der Waals surface area contributed by atoms with Crippen molar-refractivity contribution in [3.05, 3.63) is 77.1 Å². The number of para-hydroxylation sites is 1. The average molecular weight is 746 g/mol. The number of nitrogens with zero attached hydrogens (tertiary/aromatic N) is 2. The number of nitrogens with one attached hydrogen (secondary N) is 1. The van der Waals surface area contributed by atoms with E-state index in [1.54, 1.807) is 18.3 Å². The summed E-state index contributed by atoms with van der Waals surface area (Å²) in [6.07, 6.45) is 1.17. The lowest BCUT2D eigenvalue weighted by molar-refractivity contribution is -0.126. The number of halogens is 1. The number of amides is 1. The Bertz CT molecular complexity index is 1800. The van der Waals surface area contributed by atoms with Crippen molar-refractivity contribution in [3.8, 4) is 16.9 Å². The van der Waals surface area contributed by atoms with E-state index in [0.717, 1.165) is 48.1 Å². The number of benzene rings is 2. The zero-order valence-electron chi connectivity index (χ0n) is 28.0. The van der Waals surface area contributed by atoms with Gasteiger partial charge in [-0.25, -0.2) is 8.42 Å². The fourth-order valence-corrected chi connectivity index (χ4v) is 7.98. The maximum absolute atomic E-state index is 13.5. The monoisotopic (exact) mass is 745 g/mol. The Morgan fingerprint density at radius 3 is 2.45 bits per heavy atom. The topological polar surface area (TPSA) is 199 Å². The van der Waals surface area contributed by atoms with Crippen molar-refractivity contribution in [2.45, 2.75) is 86.1 Å². The Kier molecular flexibility index (Phi) is 11.7. The summed E-state index contributed by atoms with van der Waals surface area (Å²) in [7, 11) is -3.83. The lowest BCUT2D eigenvalue weighted by Gasteiger charge is -2.38. The van der Waals surface area contributed by atoms with Crippen LogP contribution in [0.1, 0.15) is 49.7 Å². The van der Waals surface area contributed by atoms with Crippen molar-refractivity contribution in [2.75, 3.05) is 26.2 Å². The van der Waals surface area contributed by atoms with Crippen LogP contribution in [-0.2, 0) is 31.8 Å². The maximum Gasteiger partial charge on any atom is 0.243 e. The minimum Gasteiger partial charge on any atom is -0.490 e. The zero-order valence-corrected chi connectivity index (χ0v) is 29.5. The van der Waals surface area contributed by atoms with E-state index in [4.69, 9.17) is 26.2 Å². The van der Waals surface area contributed by atoms with Crippen LogP contribution >= 0.6 is 11.6 Å². The summed E-state index contributed by atoms with van der Waals surface area (Å²) in [4.78, 5) is 16.8. The van der Waals surface area contributed by atoms with Gasteiger partial charge in [0, 0.05) is 54.6 Å². The van der Waals surface area contributed by atoms with Crippen LogP contribution in [0.15, 0.2) is 65.8 Å². The second kappa shape index (κ2) is 15.8. The van der Waals surface area contributed by atoms with E-state index in [2.05, 4.69) is 10.3 Å². The summed E-state index contributed by atoms with van der Waals surface area (Å²) < 4.78 is 41.1. The molecule has 2 aromatic carbocycles. The third kappa shape index (κ3) is 8.73. The van der Waals surface area contributed by atoms with Crippen molar-refractivity contribution < 1.29 is 48.2 Å². The van der Waals surface area contributed by atoms with Gasteiger partial charge < -0.3 is 40.3 Å². The Balaban J connectivity index is 1.03. The fraction of sp³-hybridized carbons (Fsp3) is 0.500. The lowest BCUT2D eigenvalue weighted by Crippen LogP contribution is -2.50. The quantitative estimate of drug-likeness (QED) is 0.112. The van der Waals surface area contributed by atoms with Gasteiger partial charge in [-0.1, -0.05) is 29.8 Å². The van der Waals surface area contributed by atoms with E-state index in [9.17, 15) is 33.6 Å². The molecule has 0 bridgehead atoms. The molecule has 1 aromatic heterocycles. The summed E-state index contributed by atoms with van der Waals surface area (Å²) in [5, 5.41) is 50.7. The van der Waals surface area contributed by atoms with E-state index in [-0.39, 0.29) is 49.6 Å². The summed E-state index contributed by atoms with van der Waals surface area (Å²) in [5.41, 5.74) is 2.86. The van der Waals surface area contributed by atoms with Gasteiger partial charge in [-0.3, -0.25) is 9.78 Å². The predicted molar refractivity (Wildman–Crippen MR) is 186 cm³/mol. The van der Waals surface area contributed by atoms with Crippen LogP contribution in [0, 0.1) is 5.92 Å². The third-order valence-corrected chi connectivity index (χ3v) is 11.9. The predicted octanol–water partition coefficient (Wildman–Crippen LogP) is 2.10. The van der Waals surface area contributed by atoms with Crippen LogP contribution in [0.5, 0.6) is 5.75 Å². The van der Waals surface area contributed by atoms with E-state index in [0.29, 0.717) is 17.0 Å². The summed E-state index contributed by atoms with van der Waals surface area (Å²) in [6, 6.07) is 14.5. The molecule has 0 radical (unpaired) electrons. The second-order valence-electron chi connectivity index (χ2n) is 13.6. The minimum absolute atomic E-state index is 0.0547. The van der Waals surface area contributed by atoms with Gasteiger partial charge in [0.05, 0.1) is 35.9 Å². The summed E-state index contributed by atoms with van der Waals surface area (Å²) >= 11 is 6.55. The molecular formula is C36H44ClN3O10S. The number of pyridine rings is 1. The first-order valence-corrected chi connectivity index (χ1v) is 19.0. The molecule has 13 nitrogen and oxygen atoms in total. The highest BCUT2D eigenvalue weighted by Gasteiger charge is 2.48. The molecule has 6 rings (SSSR count). The van der Waals surface area contributed by atoms with Crippen molar-refractivity contribution in [1.29, 1.82) is 0 Å². The molecule has 2 heterocycles. The van der Waals surface area contributed by atoms with Gasteiger partial charge in [0.25, 0.3) is 0 Å². The van der Waals surface area contributed by atoms with E-state index in [1.165, 1.54) is 10.4 Å². The number of aliphatic hydroxyl groups excluding tert-OH is 5. The molecule has 2 saturated carbocycles. The van der Waals surface area contributed by atoms with Gasteiger partial charge in [-0.05, 0) is 79.5 Å². The van der Waals surface area contributed by atoms with Crippen molar-refractivity contribution in [3.63, 3.8) is 0 Å². The molecule has 15 heteroatoms. The van der Waals surface area contributed by atoms with Crippen molar-refractivity contribution >= 4 is 27.5 Å². The van der Waals surface area contributed by atoms with Gasteiger partial charge in [-0.2, -0.15) is 4.31 Å². The highest BCUT2D eigenvalue weighted by Crippen LogP contribution is 2.53. The van der Waals surface area contributed by atoms with Crippen LogP contribution in [-0.4, -0.2) is 106 Å². The molecule has 1 amide bonds. The molecule has 6 N–H and O–H groups in total. The zero-order chi connectivity index (χ0) is 36.3. The molecule has 0 unspecified atom stereocenters. The number of carbonyl (C=O) groups excluding carboxylic acids is 1. The van der Waals surface area contributed by atoms with E-state index in [1.807, 2.05) is 36.5 Å². The molecule has 2 aliphatic carbocycles. The fourth-order valence-electron chi connectivity index (χ4n) is 6.17. The van der Waals surface area contributed by atoms with Crippen LogP contribution in [0.4, 0.5) is 0 Å². The molecule has 276 valence electrons. The van der Waals surface area contributed by atoms with Gasteiger partial charge in [0.2, 0.25) is 15.9 Å². The number of sulfonamides is 1. The molecule has 1 saturated heterocycles. The van der Waals surface area contributed by atoms with E-state index >= 15 is 0 Å². The standard InChI is InChI=1S/C36H44ClN3O10S/c37-29-9-8-25(51(47,48)40-18-22(19-40)5-10-33(44)39-17-30(42)34(45)35(46)31(43)20-41)15-23(29)21-49-36(12-13-36)28-16-38-14-11-26(28)27-3-1-2-4-32(27)50-24-6-7-24/h1-4,8-9,11,14-16,22,24,30-31,34-35,41-43,45-46H,5-7,10,12-13,17-21H2,(H,39,44)/t30-,31+,34+,35+/m0/s1. The summed E-state index contributed by atoms with van der Waals surface area (Å²) in [5.74, 6) is 0.344. The average Bonchev–Trinajstić information content (AvgIpc) is 4.06. The molecule has 3 aliphatic rings. The van der Waals surface area contributed by atoms with Crippen LogP contribution in [0.25, 0.3) is 11.1 Å². The molecule has 3 aromatic rings. The number of aliphatic hydroxyl groups is 5. The molecule has 51 heavy (non-hydrogen) atoms. The molecule has 0 spiro atoms. The minimum atomic E-state index is -3.83. The Hall–Kier alpha value is -3.18. The second-order valence-corrected chi connectivity index (χ2v) is 15.9. The molecule has 3 fully saturated rings. The highest BCUT2D eigenvalue weighted by atomic mass is 35.5. The normalized spacial score (nSPS) is 19.8. The summed E-state index contributed by atoms with van der Waals surface area (Å²) in [6.45, 7) is -0.622. The first-order valence-electron chi connectivity index (χ1n) is 17.1. The lowest BCUT2D eigenvalue weighted by atomic mass is 9.96. The Labute approximate surface area is 301 Å².